The van der Waals surface area contributed by atoms with E-state index < -0.39 is 29.9 Å². The van der Waals surface area contributed by atoms with Crippen molar-refractivity contribution in [3.8, 4) is 11.4 Å². The molecule has 11 heteroatoms. The molecular weight excluding hydrogens is 403 g/mol. The molecule has 0 aliphatic rings. The van der Waals surface area contributed by atoms with Crippen LogP contribution in [0.2, 0.25) is 0 Å². The molecule has 0 aliphatic heterocycles. The number of carbonyl (C=O) groups is 1. The smallest absolute Gasteiger partial charge is 0.374 e. The van der Waals surface area contributed by atoms with E-state index in [-0.39, 0.29) is 17.1 Å². The number of H-pyrrole nitrogens is 1. The van der Waals surface area contributed by atoms with E-state index in [4.69, 9.17) is 0 Å². The fourth-order valence-corrected chi connectivity index (χ4v) is 2.97. The lowest BCUT2D eigenvalue weighted by Crippen LogP contribution is -2.46. The summed E-state index contributed by atoms with van der Waals surface area (Å²) in [6.45, 7) is 1.64. The number of anilines is 1. The van der Waals surface area contributed by atoms with Gasteiger partial charge in [0, 0.05) is 42.5 Å². The number of hydrogen-bond donors (Lipinski definition) is 3. The Morgan fingerprint density at radius 2 is 2.03 bits per heavy atom. The maximum atomic E-state index is 13.6. The van der Waals surface area contributed by atoms with Crippen molar-refractivity contribution < 1.29 is 23.1 Å². The predicted molar refractivity (Wildman–Crippen MR) is 101 cm³/mol. The van der Waals surface area contributed by atoms with Crippen LogP contribution in [0, 0.1) is 6.92 Å². The van der Waals surface area contributed by atoms with Crippen molar-refractivity contribution in [2.75, 3.05) is 5.32 Å². The van der Waals surface area contributed by atoms with E-state index >= 15 is 0 Å². The lowest BCUT2D eigenvalue weighted by Gasteiger charge is -2.29. The van der Waals surface area contributed by atoms with Gasteiger partial charge in [-0.05, 0) is 19.1 Å². The standard InChI is InChI=1S/C19H18F3N5O3/c1-11-8-14(28)26-16(24-11)12-4-3-5-13(9-12)25-15(29)10-18(30,19(20,21)22)17-23-6-7-27(17)2/h3-9,30H,10H2,1-2H3,(H,25,29)(H,24,26,28). The number of nitrogens with zero attached hydrogens (tertiary/aromatic N) is 3. The van der Waals surface area contributed by atoms with Crippen molar-refractivity contribution in [2.24, 2.45) is 7.05 Å². The third kappa shape index (κ3) is 4.25. The Kier molecular flexibility index (Phi) is 5.49. The number of aliphatic hydroxyl groups is 1. The quantitative estimate of drug-likeness (QED) is 0.585. The van der Waals surface area contributed by atoms with Gasteiger partial charge in [0.1, 0.15) is 5.82 Å². The van der Waals surface area contributed by atoms with Crippen LogP contribution in [0.3, 0.4) is 0 Å². The van der Waals surface area contributed by atoms with E-state index in [1.165, 1.54) is 31.4 Å². The van der Waals surface area contributed by atoms with E-state index in [1.54, 1.807) is 19.1 Å². The van der Waals surface area contributed by atoms with Crippen LogP contribution < -0.4 is 10.9 Å². The first kappa shape index (κ1) is 21.2. The average molecular weight is 421 g/mol. The van der Waals surface area contributed by atoms with Gasteiger partial charge in [0.2, 0.25) is 11.5 Å². The Hall–Kier alpha value is -3.47. The summed E-state index contributed by atoms with van der Waals surface area (Å²) in [5.41, 5.74) is -2.73. The highest BCUT2D eigenvalue weighted by atomic mass is 19.4. The number of nitrogens with one attached hydrogen (secondary N) is 2. The van der Waals surface area contributed by atoms with Gasteiger partial charge in [-0.1, -0.05) is 12.1 Å². The minimum absolute atomic E-state index is 0.172. The van der Waals surface area contributed by atoms with Crippen LogP contribution in [0.15, 0.2) is 47.5 Å². The number of aryl methyl sites for hydroxylation is 2. The maximum Gasteiger partial charge on any atom is 0.425 e. The van der Waals surface area contributed by atoms with Crippen molar-refractivity contribution in [3.05, 3.63) is 64.6 Å². The van der Waals surface area contributed by atoms with Crippen molar-refractivity contribution in [2.45, 2.75) is 25.1 Å². The van der Waals surface area contributed by atoms with Crippen LogP contribution >= 0.6 is 0 Å². The zero-order valence-electron chi connectivity index (χ0n) is 16.0. The molecule has 1 atom stereocenters. The van der Waals surface area contributed by atoms with Gasteiger partial charge in [-0.2, -0.15) is 13.2 Å². The van der Waals surface area contributed by atoms with Gasteiger partial charge >= 0.3 is 6.18 Å². The van der Waals surface area contributed by atoms with Crippen LogP contribution in [0.1, 0.15) is 17.9 Å². The second kappa shape index (κ2) is 7.75. The fourth-order valence-electron chi connectivity index (χ4n) is 2.97. The molecule has 3 rings (SSSR count). The lowest BCUT2D eigenvalue weighted by molar-refractivity contribution is -0.270. The summed E-state index contributed by atoms with van der Waals surface area (Å²) in [6.07, 6.45) is -4.08. The number of rotatable bonds is 5. The van der Waals surface area contributed by atoms with Crippen LogP contribution in [0.4, 0.5) is 18.9 Å². The molecule has 0 spiro atoms. The summed E-state index contributed by atoms with van der Waals surface area (Å²) in [6, 6.07) is 7.38. The third-order valence-corrected chi connectivity index (χ3v) is 4.37. The number of imidazole rings is 1. The number of halogens is 3. The molecule has 3 N–H and O–H groups in total. The summed E-state index contributed by atoms with van der Waals surface area (Å²) < 4.78 is 41.7. The Bertz CT molecular complexity index is 1140. The van der Waals surface area contributed by atoms with Gasteiger partial charge in [0.25, 0.3) is 5.56 Å². The van der Waals surface area contributed by atoms with Crippen LogP contribution in [-0.2, 0) is 17.4 Å². The second-order valence-corrected chi connectivity index (χ2v) is 6.76. The second-order valence-electron chi connectivity index (χ2n) is 6.76. The number of aromatic nitrogens is 4. The normalized spacial score (nSPS) is 13.7. The monoisotopic (exact) mass is 421 g/mol. The first-order chi connectivity index (χ1) is 14.0. The summed E-state index contributed by atoms with van der Waals surface area (Å²) in [5, 5.41) is 12.6. The molecule has 2 aromatic heterocycles. The predicted octanol–water partition coefficient (Wildman–Crippen LogP) is 2.26. The number of amides is 1. The molecular formula is C19H18F3N5O3. The highest BCUT2D eigenvalue weighted by Crippen LogP contribution is 2.40. The highest BCUT2D eigenvalue weighted by molar-refractivity contribution is 5.92. The van der Waals surface area contributed by atoms with Crippen LogP contribution in [0.25, 0.3) is 11.4 Å². The van der Waals surface area contributed by atoms with Crippen molar-refractivity contribution in [1.82, 2.24) is 19.5 Å². The summed E-state index contributed by atoms with van der Waals surface area (Å²) in [5.74, 6) is -1.52. The van der Waals surface area contributed by atoms with Crippen molar-refractivity contribution >= 4 is 11.6 Å². The zero-order valence-corrected chi connectivity index (χ0v) is 16.0. The summed E-state index contributed by atoms with van der Waals surface area (Å²) >= 11 is 0. The number of hydrogen-bond acceptors (Lipinski definition) is 5. The molecule has 0 radical (unpaired) electrons. The van der Waals surface area contributed by atoms with Crippen LogP contribution in [-0.4, -0.2) is 36.7 Å². The first-order valence-corrected chi connectivity index (χ1v) is 8.75. The maximum absolute atomic E-state index is 13.6. The molecule has 158 valence electrons. The van der Waals surface area contributed by atoms with E-state index in [0.29, 0.717) is 11.3 Å². The lowest BCUT2D eigenvalue weighted by atomic mass is 9.97. The van der Waals surface area contributed by atoms with Gasteiger partial charge in [0.05, 0.1) is 6.42 Å². The van der Waals surface area contributed by atoms with Crippen LogP contribution in [0.5, 0.6) is 0 Å². The molecule has 1 amide bonds. The largest absolute Gasteiger partial charge is 0.425 e. The van der Waals surface area contributed by atoms with Gasteiger partial charge in [0.15, 0.2) is 5.82 Å². The molecule has 2 heterocycles. The Morgan fingerprint density at radius 3 is 2.63 bits per heavy atom. The number of aromatic amines is 1. The van der Waals surface area contributed by atoms with Crippen molar-refractivity contribution in [1.29, 1.82) is 0 Å². The number of alkyl halides is 3. The molecule has 0 saturated heterocycles. The van der Waals surface area contributed by atoms with E-state index in [1.807, 2.05) is 0 Å². The molecule has 1 unspecified atom stereocenters. The fraction of sp³-hybridized carbons (Fsp3) is 0.263. The van der Waals surface area contributed by atoms with Gasteiger partial charge in [-0.3, -0.25) is 9.59 Å². The minimum Gasteiger partial charge on any atom is -0.374 e. The average Bonchev–Trinajstić information content (AvgIpc) is 3.06. The molecule has 0 bridgehead atoms. The van der Waals surface area contributed by atoms with Gasteiger partial charge < -0.3 is 20.0 Å². The van der Waals surface area contributed by atoms with E-state index in [9.17, 15) is 27.9 Å². The molecule has 8 nitrogen and oxygen atoms in total. The SMILES string of the molecule is Cc1cc(=O)[nH]c(-c2cccc(NC(=O)CC(O)(c3nccn3C)C(F)(F)F)c2)n1. The molecule has 0 saturated carbocycles. The summed E-state index contributed by atoms with van der Waals surface area (Å²) in [4.78, 5) is 34.3. The summed E-state index contributed by atoms with van der Waals surface area (Å²) in [7, 11) is 1.29. The first-order valence-electron chi connectivity index (χ1n) is 8.75. The molecule has 30 heavy (non-hydrogen) atoms. The Labute approximate surface area is 168 Å². The highest BCUT2D eigenvalue weighted by Gasteiger charge is 2.58. The minimum atomic E-state index is -5.13. The third-order valence-electron chi connectivity index (χ3n) is 4.37. The molecule has 0 aliphatic carbocycles. The van der Waals surface area contributed by atoms with Gasteiger partial charge in [-0.25, -0.2) is 9.97 Å². The zero-order chi connectivity index (χ0) is 22.1. The Balaban J connectivity index is 1.85. The van der Waals surface area contributed by atoms with Crippen molar-refractivity contribution in [3.63, 3.8) is 0 Å². The Morgan fingerprint density at radius 1 is 1.30 bits per heavy atom. The topological polar surface area (TPSA) is 113 Å². The van der Waals surface area contributed by atoms with Gasteiger partial charge in [-0.15, -0.1) is 0 Å². The molecule has 3 aromatic rings. The van der Waals surface area contributed by atoms with E-state index in [2.05, 4.69) is 20.3 Å². The molecule has 1 aromatic carbocycles. The number of carbonyl (C=O) groups excluding carboxylic acids is 1. The van der Waals surface area contributed by atoms with E-state index in [0.717, 1.165) is 10.8 Å². The number of benzene rings is 1. The molecule has 0 fully saturated rings.